The Hall–Kier alpha value is -16.3. The van der Waals surface area contributed by atoms with E-state index < -0.39 is 0 Å². The van der Waals surface area contributed by atoms with Gasteiger partial charge in [0.2, 0.25) is 0 Å². The van der Waals surface area contributed by atoms with Crippen molar-refractivity contribution in [2.75, 3.05) is 0 Å². The van der Waals surface area contributed by atoms with Crippen LogP contribution in [0.4, 0.5) is 0 Å². The van der Waals surface area contributed by atoms with E-state index in [9.17, 15) is 0 Å². The fourth-order valence-corrected chi connectivity index (χ4v) is 17.7. The van der Waals surface area contributed by atoms with Gasteiger partial charge in [-0.25, -0.2) is 15.0 Å². The predicted molar refractivity (Wildman–Crippen MR) is 493 cm³/mol. The molecule has 0 saturated heterocycles. The van der Waals surface area contributed by atoms with E-state index in [0.717, 1.165) is 177 Å². The number of pyridine rings is 4. The standard InChI is InChI=1S/C40H25N3O.2C35H22N2O/c1-3-9-26(10-4-1)30-23-35(27-11-5-2-6-12-27)42-40(24-30)43-36-17-15-28(21-32(36)34-25-41-20-19-37(34)43)29-16-18-39-33(22-29)31-13-7-8-14-38(31)44-39;1-2-9-23(10-3-1)30-13-8-16-35(36-30)37-31-14-6-4-11-26(31)28-21-24(17-19-32(28)37)25-18-20-34-29(22-25)27-12-5-7-15-33(27)38-34;1-2-8-23(9-3-1)26-18-19-36-35(22-26)37-31-12-6-4-10-27(31)29-20-24(14-16-32(29)37)25-15-17-34-30(21-25)28-11-5-7-13-33(28)38-34/h1-25H;2*1-22H. The van der Waals surface area contributed by atoms with Crippen LogP contribution >= 0.6 is 0 Å². The highest BCUT2D eigenvalue weighted by Gasteiger charge is 2.22. The van der Waals surface area contributed by atoms with E-state index in [1.165, 1.54) is 49.4 Å². The molecule has 10 nitrogen and oxygen atoms in total. The third-order valence-corrected chi connectivity index (χ3v) is 23.4. The van der Waals surface area contributed by atoms with Crippen LogP contribution in [0.3, 0.4) is 0 Å². The zero-order chi connectivity index (χ0) is 79.1. The van der Waals surface area contributed by atoms with Gasteiger partial charge in [-0.1, -0.05) is 255 Å². The first-order chi connectivity index (χ1) is 59.5. The fourth-order valence-electron chi connectivity index (χ4n) is 17.7. The fraction of sp³-hybridized carbons (Fsp3) is 0. The maximum absolute atomic E-state index is 6.09. The topological polar surface area (TPSA) is 106 Å². The first-order valence-electron chi connectivity index (χ1n) is 40.3. The quantitative estimate of drug-likeness (QED) is 0.134. The van der Waals surface area contributed by atoms with Crippen molar-refractivity contribution in [3.05, 3.63) is 419 Å². The smallest absolute Gasteiger partial charge is 0.138 e. The zero-order valence-corrected chi connectivity index (χ0v) is 64.7. The van der Waals surface area contributed by atoms with E-state index in [4.69, 9.17) is 28.2 Å². The summed E-state index contributed by atoms with van der Waals surface area (Å²) in [6.07, 6.45) is 5.72. The van der Waals surface area contributed by atoms with Crippen molar-refractivity contribution in [2.45, 2.75) is 0 Å². The molecule has 0 fully saturated rings. The summed E-state index contributed by atoms with van der Waals surface area (Å²) >= 11 is 0. The van der Waals surface area contributed by atoms with Crippen LogP contribution in [0, 0.1) is 0 Å². The van der Waals surface area contributed by atoms with E-state index in [-0.39, 0.29) is 0 Å². The molecule has 25 rings (SSSR count). The Balaban J connectivity index is 0.000000105. The summed E-state index contributed by atoms with van der Waals surface area (Å²) in [6, 6.07) is 140. The summed E-state index contributed by atoms with van der Waals surface area (Å²) in [7, 11) is 0. The molecule has 0 unspecified atom stereocenters. The van der Waals surface area contributed by atoms with Gasteiger partial charge in [0.05, 0.1) is 44.5 Å². The van der Waals surface area contributed by atoms with Crippen molar-refractivity contribution in [3.8, 4) is 95.6 Å². The lowest BCUT2D eigenvalue weighted by atomic mass is 10.0. The Labute approximate surface area is 688 Å². The molecule has 0 atom stereocenters. The molecule has 15 aromatic carbocycles. The second-order valence-electron chi connectivity index (χ2n) is 30.4. The lowest BCUT2D eigenvalue weighted by Crippen LogP contribution is -2.00. The molecule has 10 aromatic heterocycles. The minimum absolute atomic E-state index is 0.871. The molecule has 0 spiro atoms. The molecule has 0 bridgehead atoms. The first-order valence-corrected chi connectivity index (χ1v) is 40.3. The minimum atomic E-state index is 0.871. The highest BCUT2D eigenvalue weighted by Crippen LogP contribution is 2.43. The summed E-state index contributed by atoms with van der Waals surface area (Å²) in [6.45, 7) is 0. The number of fused-ring (bicyclic) bond motifs is 18. The van der Waals surface area contributed by atoms with Crippen LogP contribution in [0.2, 0.25) is 0 Å². The SMILES string of the molecule is c1ccc(-c2cc(-c3ccccc3)nc(-n3c4ccncc4c4cc(-c5ccc6oc7ccccc7c6c5)ccc43)c2)cc1.c1ccc(-c2cccc(-n3c4ccccc4c4cc(-c5ccc6oc7ccccc7c6c5)ccc43)n2)cc1.c1ccc(-c2ccnc(-n3c4ccccc4c4cc(-c5ccc6oc7ccccc7c6c5)ccc43)c2)cc1. The Morgan fingerprint density at radius 3 is 1.01 bits per heavy atom. The van der Waals surface area contributed by atoms with Crippen LogP contribution in [-0.4, -0.2) is 33.6 Å². The first kappa shape index (κ1) is 69.2. The van der Waals surface area contributed by atoms with Gasteiger partial charge in [0.15, 0.2) is 0 Å². The van der Waals surface area contributed by atoms with Gasteiger partial charge >= 0.3 is 0 Å². The number of hydrogen-bond acceptors (Lipinski definition) is 7. The highest BCUT2D eigenvalue weighted by atomic mass is 16.3. The number of hydrogen-bond donors (Lipinski definition) is 0. The Morgan fingerprint density at radius 1 is 0.175 bits per heavy atom. The molecule has 562 valence electrons. The van der Waals surface area contributed by atoms with Crippen molar-refractivity contribution < 1.29 is 13.3 Å². The average molecular weight is 1540 g/mol. The molecule has 0 saturated carbocycles. The summed E-state index contributed by atoms with van der Waals surface area (Å²) < 4.78 is 25.0. The largest absolute Gasteiger partial charge is 0.456 e. The number of nitrogens with zero attached hydrogens (tertiary/aromatic N) is 7. The van der Waals surface area contributed by atoms with Crippen molar-refractivity contribution >= 4 is 131 Å². The van der Waals surface area contributed by atoms with Gasteiger partial charge in [-0.2, -0.15) is 0 Å². The number of aromatic nitrogens is 7. The molecule has 0 aliphatic heterocycles. The Kier molecular flexibility index (Phi) is 16.7. The summed E-state index contributed by atoms with van der Waals surface area (Å²) in [5, 5.41) is 13.9. The van der Waals surface area contributed by atoms with Crippen LogP contribution < -0.4 is 0 Å². The van der Waals surface area contributed by atoms with Crippen LogP contribution in [0.1, 0.15) is 0 Å². The van der Waals surface area contributed by atoms with E-state index in [0.29, 0.717) is 0 Å². The van der Waals surface area contributed by atoms with Crippen LogP contribution in [0.25, 0.3) is 227 Å². The Morgan fingerprint density at radius 2 is 0.517 bits per heavy atom. The molecule has 10 heterocycles. The van der Waals surface area contributed by atoms with E-state index >= 15 is 0 Å². The van der Waals surface area contributed by atoms with Crippen LogP contribution in [0.15, 0.2) is 432 Å². The van der Waals surface area contributed by atoms with Gasteiger partial charge in [-0.3, -0.25) is 18.7 Å². The summed E-state index contributed by atoms with van der Waals surface area (Å²) in [4.78, 5) is 19.6. The molecule has 10 heteroatoms. The van der Waals surface area contributed by atoms with Crippen molar-refractivity contribution in [2.24, 2.45) is 0 Å². The number of rotatable bonds is 10. The number of benzene rings is 15. The van der Waals surface area contributed by atoms with Crippen molar-refractivity contribution in [1.82, 2.24) is 33.6 Å². The molecule has 0 aliphatic carbocycles. The van der Waals surface area contributed by atoms with Crippen LogP contribution in [-0.2, 0) is 0 Å². The second kappa shape index (κ2) is 28.9. The molecule has 0 amide bonds. The lowest BCUT2D eigenvalue weighted by molar-refractivity contribution is 0.668. The third-order valence-electron chi connectivity index (χ3n) is 23.4. The molecule has 0 N–H and O–H groups in total. The molecule has 0 aliphatic rings. The van der Waals surface area contributed by atoms with E-state index in [1.807, 2.05) is 79.3 Å². The molecule has 120 heavy (non-hydrogen) atoms. The highest BCUT2D eigenvalue weighted by molar-refractivity contribution is 6.15. The molecule has 0 radical (unpaired) electrons. The van der Waals surface area contributed by atoms with Crippen molar-refractivity contribution in [3.63, 3.8) is 0 Å². The van der Waals surface area contributed by atoms with E-state index in [2.05, 4.69) is 358 Å². The maximum atomic E-state index is 6.09. The minimum Gasteiger partial charge on any atom is -0.456 e. The van der Waals surface area contributed by atoms with Gasteiger partial charge in [-0.05, 0) is 201 Å². The van der Waals surface area contributed by atoms with E-state index in [1.54, 1.807) is 0 Å². The van der Waals surface area contributed by atoms with Crippen LogP contribution in [0.5, 0.6) is 0 Å². The second-order valence-corrected chi connectivity index (χ2v) is 30.4. The third kappa shape index (κ3) is 12.1. The van der Waals surface area contributed by atoms with Gasteiger partial charge in [-0.15, -0.1) is 0 Å². The number of para-hydroxylation sites is 5. The van der Waals surface area contributed by atoms with Gasteiger partial charge < -0.3 is 13.3 Å². The van der Waals surface area contributed by atoms with Gasteiger partial charge in [0, 0.05) is 94.4 Å². The molecular weight excluding hydrogens is 1470 g/mol. The average Bonchev–Trinajstić information content (AvgIpc) is 1.60. The number of furan rings is 3. The summed E-state index contributed by atoms with van der Waals surface area (Å²) in [5.74, 6) is 2.70. The summed E-state index contributed by atoms with van der Waals surface area (Å²) in [5.41, 5.74) is 27.9. The lowest BCUT2D eigenvalue weighted by Gasteiger charge is -2.13. The van der Waals surface area contributed by atoms with Gasteiger partial charge in [0.25, 0.3) is 0 Å². The maximum Gasteiger partial charge on any atom is 0.138 e. The van der Waals surface area contributed by atoms with Gasteiger partial charge in [0.1, 0.15) is 51.0 Å². The van der Waals surface area contributed by atoms with Crippen molar-refractivity contribution in [1.29, 1.82) is 0 Å². The predicted octanol–water partition coefficient (Wildman–Crippen LogP) is 29.3. The molecule has 25 aromatic rings. The normalized spacial score (nSPS) is 11.7. The monoisotopic (exact) mass is 1540 g/mol. The molecular formula is C110H69N7O3. The Bertz CT molecular complexity index is 7930. The zero-order valence-electron chi connectivity index (χ0n) is 64.7.